The average molecular weight is 300 g/mol. The minimum absolute atomic E-state index is 0.0847. The highest BCUT2D eigenvalue weighted by Gasteiger charge is 2.28. The number of carbonyl (C=O) groups is 1. The molecule has 0 heterocycles. The van der Waals surface area contributed by atoms with Gasteiger partial charge in [-0.05, 0) is 25.0 Å². The molecule has 3 N–H and O–H groups in total. The molecule has 0 atom stereocenters. The van der Waals surface area contributed by atoms with Crippen molar-refractivity contribution >= 4 is 11.6 Å². The minimum Gasteiger partial charge on any atom is -0.389 e. The van der Waals surface area contributed by atoms with Gasteiger partial charge in [-0.25, -0.2) is 8.78 Å². The fraction of sp³-hybridized carbons (Fsp3) is 0.533. The topological polar surface area (TPSA) is 61.4 Å². The summed E-state index contributed by atoms with van der Waals surface area (Å²) in [5.74, 6) is -2.53. The molecule has 0 aromatic heterocycles. The zero-order valence-corrected chi connectivity index (χ0v) is 12.4. The van der Waals surface area contributed by atoms with Gasteiger partial charge in [-0.15, -0.1) is 0 Å². The van der Waals surface area contributed by atoms with Gasteiger partial charge in [0.05, 0.1) is 17.7 Å². The van der Waals surface area contributed by atoms with Crippen molar-refractivity contribution in [2.24, 2.45) is 0 Å². The van der Waals surface area contributed by atoms with Crippen LogP contribution in [0.5, 0.6) is 0 Å². The summed E-state index contributed by atoms with van der Waals surface area (Å²) in [5, 5.41) is 10.4. The van der Waals surface area contributed by atoms with E-state index in [2.05, 4.69) is 10.9 Å². The van der Waals surface area contributed by atoms with E-state index in [1.54, 1.807) is 0 Å². The van der Waals surface area contributed by atoms with Crippen molar-refractivity contribution in [1.29, 1.82) is 0 Å². The van der Waals surface area contributed by atoms with Crippen LogP contribution in [0.1, 0.15) is 46.0 Å². The Balaban J connectivity index is 2.59. The predicted molar refractivity (Wildman–Crippen MR) is 77.5 cm³/mol. The second-order valence-electron chi connectivity index (χ2n) is 5.18. The molecule has 0 aliphatic rings. The molecule has 0 aliphatic carbocycles. The van der Waals surface area contributed by atoms with E-state index < -0.39 is 23.1 Å². The lowest BCUT2D eigenvalue weighted by atomic mass is 9.89. The Morgan fingerprint density at radius 3 is 2.43 bits per heavy atom. The molecule has 1 amide bonds. The van der Waals surface area contributed by atoms with Crippen molar-refractivity contribution in [1.82, 2.24) is 5.43 Å². The van der Waals surface area contributed by atoms with Crippen LogP contribution in [0.2, 0.25) is 0 Å². The van der Waals surface area contributed by atoms with Crippen molar-refractivity contribution in [3.63, 3.8) is 0 Å². The maximum absolute atomic E-state index is 13.4. The third kappa shape index (κ3) is 5.30. The maximum Gasteiger partial charge on any atom is 0.241 e. The van der Waals surface area contributed by atoms with Crippen LogP contribution in [-0.2, 0) is 4.79 Å². The quantitative estimate of drug-likeness (QED) is 0.646. The van der Waals surface area contributed by atoms with Crippen LogP contribution < -0.4 is 10.9 Å². The van der Waals surface area contributed by atoms with Crippen LogP contribution in [0.15, 0.2) is 18.2 Å². The van der Waals surface area contributed by atoms with Gasteiger partial charge in [0, 0.05) is 0 Å². The molecule has 118 valence electrons. The number of benzene rings is 1. The first-order chi connectivity index (χ1) is 9.91. The van der Waals surface area contributed by atoms with Crippen LogP contribution in [0.4, 0.5) is 14.5 Å². The number of rotatable bonds is 8. The lowest BCUT2D eigenvalue weighted by Crippen LogP contribution is -2.39. The zero-order valence-electron chi connectivity index (χ0n) is 12.4. The number of hydrogen-bond acceptors (Lipinski definition) is 3. The lowest BCUT2D eigenvalue weighted by Gasteiger charge is -2.26. The van der Waals surface area contributed by atoms with Crippen molar-refractivity contribution in [3.05, 3.63) is 29.8 Å². The molecule has 0 fully saturated rings. The van der Waals surface area contributed by atoms with E-state index >= 15 is 0 Å². The third-order valence-corrected chi connectivity index (χ3v) is 3.21. The smallest absolute Gasteiger partial charge is 0.241 e. The first kappa shape index (κ1) is 17.4. The SMILES string of the molecule is CCCC(O)(CCC)CC(=O)NNc1cccc(F)c1F. The number of amides is 1. The molecule has 0 saturated heterocycles. The molecule has 1 aromatic rings. The van der Waals surface area contributed by atoms with Crippen molar-refractivity contribution < 1.29 is 18.7 Å². The normalized spacial score (nSPS) is 11.3. The summed E-state index contributed by atoms with van der Waals surface area (Å²) in [7, 11) is 0. The fourth-order valence-electron chi connectivity index (χ4n) is 2.31. The van der Waals surface area contributed by atoms with Crippen LogP contribution in [-0.4, -0.2) is 16.6 Å². The number of anilines is 1. The molecule has 1 aromatic carbocycles. The number of halogens is 2. The second-order valence-corrected chi connectivity index (χ2v) is 5.18. The van der Waals surface area contributed by atoms with E-state index in [1.807, 2.05) is 13.8 Å². The highest BCUT2D eigenvalue weighted by Crippen LogP contribution is 2.23. The molecule has 21 heavy (non-hydrogen) atoms. The largest absolute Gasteiger partial charge is 0.389 e. The highest BCUT2D eigenvalue weighted by atomic mass is 19.2. The summed E-state index contributed by atoms with van der Waals surface area (Å²) < 4.78 is 26.4. The van der Waals surface area contributed by atoms with Gasteiger partial charge in [0.15, 0.2) is 11.6 Å². The minimum atomic E-state index is -1.06. The molecule has 6 heteroatoms. The molecular weight excluding hydrogens is 278 g/mol. The van der Waals surface area contributed by atoms with E-state index in [0.29, 0.717) is 12.8 Å². The van der Waals surface area contributed by atoms with Gasteiger partial charge in [0.2, 0.25) is 5.91 Å². The van der Waals surface area contributed by atoms with E-state index in [1.165, 1.54) is 12.1 Å². The van der Waals surface area contributed by atoms with E-state index in [-0.39, 0.29) is 12.1 Å². The second kappa shape index (κ2) is 7.93. The van der Waals surface area contributed by atoms with E-state index in [9.17, 15) is 18.7 Å². The Hall–Kier alpha value is -1.69. The molecule has 4 nitrogen and oxygen atoms in total. The van der Waals surface area contributed by atoms with Crippen LogP contribution in [0.3, 0.4) is 0 Å². The van der Waals surface area contributed by atoms with Gasteiger partial charge in [0.1, 0.15) is 0 Å². The summed E-state index contributed by atoms with van der Waals surface area (Å²) in [6.07, 6.45) is 2.47. The number of aliphatic hydroxyl groups is 1. The summed E-state index contributed by atoms with van der Waals surface area (Å²) in [6, 6.07) is 3.63. The fourth-order valence-corrected chi connectivity index (χ4v) is 2.31. The monoisotopic (exact) mass is 300 g/mol. The average Bonchev–Trinajstić information content (AvgIpc) is 2.40. The first-order valence-corrected chi connectivity index (χ1v) is 7.13. The van der Waals surface area contributed by atoms with Crippen molar-refractivity contribution in [2.75, 3.05) is 5.43 Å². The number of carbonyl (C=O) groups excluding carboxylic acids is 1. The zero-order chi connectivity index (χ0) is 15.9. The van der Waals surface area contributed by atoms with E-state index in [0.717, 1.165) is 18.9 Å². The summed E-state index contributed by atoms with van der Waals surface area (Å²) in [6.45, 7) is 3.86. The van der Waals surface area contributed by atoms with Gasteiger partial charge in [-0.3, -0.25) is 15.6 Å². The molecule has 0 aliphatic heterocycles. The molecule has 0 spiro atoms. The van der Waals surface area contributed by atoms with Crippen LogP contribution in [0.25, 0.3) is 0 Å². The van der Waals surface area contributed by atoms with Crippen LogP contribution in [0, 0.1) is 11.6 Å². The molecule has 0 radical (unpaired) electrons. The Morgan fingerprint density at radius 1 is 1.24 bits per heavy atom. The van der Waals surface area contributed by atoms with Gasteiger partial charge in [-0.2, -0.15) is 0 Å². The summed E-state index contributed by atoms with van der Waals surface area (Å²) in [4.78, 5) is 11.8. The predicted octanol–water partition coefficient (Wildman–Crippen LogP) is 3.13. The molecular formula is C15H22F2N2O2. The maximum atomic E-state index is 13.4. The Kier molecular flexibility index (Phi) is 6.55. The number of hydrazine groups is 1. The Bertz CT molecular complexity index is 475. The summed E-state index contributed by atoms with van der Waals surface area (Å²) in [5.41, 5.74) is 3.40. The highest BCUT2D eigenvalue weighted by molar-refractivity contribution is 5.78. The lowest BCUT2D eigenvalue weighted by molar-refractivity contribution is -0.126. The van der Waals surface area contributed by atoms with E-state index in [4.69, 9.17) is 0 Å². The molecule has 0 saturated carbocycles. The van der Waals surface area contributed by atoms with Gasteiger partial charge in [-0.1, -0.05) is 32.8 Å². The van der Waals surface area contributed by atoms with Crippen molar-refractivity contribution in [3.8, 4) is 0 Å². The van der Waals surface area contributed by atoms with Crippen molar-refractivity contribution in [2.45, 2.75) is 51.6 Å². The first-order valence-electron chi connectivity index (χ1n) is 7.13. The van der Waals surface area contributed by atoms with Crippen LogP contribution >= 0.6 is 0 Å². The molecule has 1 rings (SSSR count). The molecule has 0 bridgehead atoms. The third-order valence-electron chi connectivity index (χ3n) is 3.21. The molecule has 0 unspecified atom stereocenters. The summed E-state index contributed by atoms with van der Waals surface area (Å²) >= 11 is 0. The number of nitrogens with one attached hydrogen (secondary N) is 2. The van der Waals surface area contributed by atoms with Gasteiger partial charge >= 0.3 is 0 Å². The van der Waals surface area contributed by atoms with Gasteiger partial charge < -0.3 is 5.11 Å². The Morgan fingerprint density at radius 2 is 1.86 bits per heavy atom. The number of hydrogen-bond donors (Lipinski definition) is 3. The standard InChI is InChI=1S/C15H22F2N2O2/c1-3-8-15(21,9-4-2)10-13(20)19-18-12-7-5-6-11(16)14(12)17/h5-7,18,21H,3-4,8-10H2,1-2H3,(H,19,20). The van der Waals surface area contributed by atoms with Gasteiger partial charge in [0.25, 0.3) is 0 Å². The Labute approximate surface area is 123 Å².